The van der Waals surface area contributed by atoms with Crippen LogP contribution >= 0.6 is 0 Å². The molecular formula is C21H31N3O2. The summed E-state index contributed by atoms with van der Waals surface area (Å²) in [5.74, 6) is -0.0234. The molecule has 3 N–H and O–H groups in total. The molecule has 0 radical (unpaired) electrons. The number of carbonyl (C=O) groups excluding carboxylic acids is 2. The number of hydrogen-bond donors (Lipinski definition) is 2. The second-order valence-electron chi connectivity index (χ2n) is 8.04. The van der Waals surface area contributed by atoms with Crippen LogP contribution in [0.4, 0.5) is 5.69 Å². The minimum absolute atomic E-state index is 0.0840. The van der Waals surface area contributed by atoms with Crippen molar-refractivity contribution < 1.29 is 9.59 Å². The van der Waals surface area contributed by atoms with Gasteiger partial charge < -0.3 is 16.0 Å². The number of nitrogens with two attached hydrogens (primary N) is 1. The molecule has 1 saturated carbocycles. The molecule has 5 nitrogen and oxygen atoms in total. The van der Waals surface area contributed by atoms with Gasteiger partial charge in [-0.15, -0.1) is 0 Å². The monoisotopic (exact) mass is 357 g/mol. The van der Waals surface area contributed by atoms with Crippen LogP contribution in [0.3, 0.4) is 0 Å². The predicted octanol–water partition coefficient (Wildman–Crippen LogP) is 3.61. The van der Waals surface area contributed by atoms with E-state index in [2.05, 4.69) is 12.2 Å². The summed E-state index contributed by atoms with van der Waals surface area (Å²) in [5, 5.41) is 2.99. The zero-order chi connectivity index (χ0) is 18.7. The number of benzene rings is 1. The maximum absolute atomic E-state index is 12.8. The number of piperidine rings is 1. The molecular weight excluding hydrogens is 326 g/mol. The Hall–Kier alpha value is -1.88. The van der Waals surface area contributed by atoms with Crippen LogP contribution in [0.1, 0.15) is 74.2 Å². The van der Waals surface area contributed by atoms with Gasteiger partial charge in [0.25, 0.3) is 5.91 Å². The molecule has 1 aromatic rings. The van der Waals surface area contributed by atoms with Crippen LogP contribution in [-0.4, -0.2) is 34.8 Å². The van der Waals surface area contributed by atoms with Gasteiger partial charge in [0, 0.05) is 23.8 Å². The number of nitrogens with one attached hydrogen (secondary N) is 1. The van der Waals surface area contributed by atoms with Crippen LogP contribution in [-0.2, 0) is 4.79 Å². The summed E-state index contributed by atoms with van der Waals surface area (Å²) in [6.45, 7) is 4.87. The molecule has 1 atom stereocenters. The van der Waals surface area contributed by atoms with Gasteiger partial charge in [0.2, 0.25) is 5.91 Å². The fourth-order valence-corrected chi connectivity index (χ4v) is 4.16. The van der Waals surface area contributed by atoms with E-state index in [1.807, 2.05) is 30.0 Å². The van der Waals surface area contributed by atoms with Crippen molar-refractivity contribution in [3.8, 4) is 0 Å². The highest BCUT2D eigenvalue weighted by Crippen LogP contribution is 2.28. The summed E-state index contributed by atoms with van der Waals surface area (Å²) in [6, 6.07) is 5.82. The Kier molecular flexibility index (Phi) is 5.66. The maximum Gasteiger partial charge on any atom is 0.254 e. The molecule has 1 aliphatic carbocycles. The lowest BCUT2D eigenvalue weighted by Crippen LogP contribution is -2.52. The van der Waals surface area contributed by atoms with Crippen molar-refractivity contribution in [2.24, 2.45) is 5.73 Å². The van der Waals surface area contributed by atoms with E-state index in [4.69, 9.17) is 5.73 Å². The molecule has 1 aliphatic heterocycles. The van der Waals surface area contributed by atoms with E-state index in [1.54, 1.807) is 0 Å². The van der Waals surface area contributed by atoms with Gasteiger partial charge in [-0.05, 0) is 69.7 Å². The first-order valence-corrected chi connectivity index (χ1v) is 9.93. The van der Waals surface area contributed by atoms with Crippen molar-refractivity contribution in [1.29, 1.82) is 0 Å². The molecule has 142 valence electrons. The minimum Gasteiger partial charge on any atom is -0.336 e. The molecule has 1 heterocycles. The molecule has 0 spiro atoms. The summed E-state index contributed by atoms with van der Waals surface area (Å²) >= 11 is 0. The summed E-state index contributed by atoms with van der Waals surface area (Å²) in [6.07, 6.45) is 7.96. The molecule has 2 fully saturated rings. The van der Waals surface area contributed by atoms with Gasteiger partial charge in [-0.25, -0.2) is 0 Å². The smallest absolute Gasteiger partial charge is 0.254 e. The average Bonchev–Trinajstić information content (AvgIpc) is 2.64. The van der Waals surface area contributed by atoms with Crippen LogP contribution in [0.2, 0.25) is 0 Å². The van der Waals surface area contributed by atoms with Crippen molar-refractivity contribution in [2.75, 3.05) is 11.9 Å². The number of likely N-dealkylation sites (tertiary alicyclic amines) is 1. The van der Waals surface area contributed by atoms with Crippen molar-refractivity contribution in [3.63, 3.8) is 0 Å². The standard InChI is InChI=1S/C21H31N3O2/c1-15-14-17(19(25)24-13-7-4-8-16(24)2)9-10-18(15)23-20(26)21(22)11-5-3-6-12-21/h9-10,14,16H,3-8,11-13,22H2,1-2H3,(H,23,26). The molecule has 2 amide bonds. The zero-order valence-corrected chi connectivity index (χ0v) is 16.0. The highest BCUT2D eigenvalue weighted by atomic mass is 16.2. The average molecular weight is 357 g/mol. The molecule has 1 aromatic carbocycles. The number of anilines is 1. The normalized spacial score (nSPS) is 22.7. The van der Waals surface area contributed by atoms with E-state index < -0.39 is 5.54 Å². The lowest BCUT2D eigenvalue weighted by molar-refractivity contribution is -0.122. The SMILES string of the molecule is Cc1cc(C(=O)N2CCCCC2C)ccc1NC(=O)C1(N)CCCCC1. The van der Waals surface area contributed by atoms with Crippen molar-refractivity contribution in [1.82, 2.24) is 4.90 Å². The van der Waals surface area contributed by atoms with E-state index in [0.717, 1.165) is 62.7 Å². The number of nitrogens with zero attached hydrogens (tertiary/aromatic N) is 1. The lowest BCUT2D eigenvalue weighted by atomic mass is 9.82. The Balaban J connectivity index is 1.71. The number of amides is 2. The van der Waals surface area contributed by atoms with Crippen molar-refractivity contribution >= 4 is 17.5 Å². The fraction of sp³-hybridized carbons (Fsp3) is 0.619. The van der Waals surface area contributed by atoms with Crippen LogP contribution in [0.15, 0.2) is 18.2 Å². The van der Waals surface area contributed by atoms with Gasteiger partial charge in [0.05, 0.1) is 5.54 Å². The number of rotatable bonds is 3. The topological polar surface area (TPSA) is 75.4 Å². The molecule has 3 rings (SSSR count). The minimum atomic E-state index is -0.761. The van der Waals surface area contributed by atoms with Crippen LogP contribution in [0.5, 0.6) is 0 Å². The summed E-state index contributed by atoms with van der Waals surface area (Å²) in [4.78, 5) is 27.4. The van der Waals surface area contributed by atoms with Gasteiger partial charge in [0.1, 0.15) is 0 Å². The summed E-state index contributed by atoms with van der Waals surface area (Å²) in [7, 11) is 0. The lowest BCUT2D eigenvalue weighted by Gasteiger charge is -2.33. The third-order valence-electron chi connectivity index (χ3n) is 5.98. The first-order valence-electron chi connectivity index (χ1n) is 9.93. The Labute approximate surface area is 156 Å². The van der Waals surface area contributed by atoms with E-state index in [0.29, 0.717) is 11.6 Å². The molecule has 0 bridgehead atoms. The molecule has 1 unspecified atom stereocenters. The Bertz CT molecular complexity index is 680. The molecule has 1 saturated heterocycles. The highest BCUT2D eigenvalue weighted by molar-refractivity contribution is 6.00. The predicted molar refractivity (Wildman–Crippen MR) is 104 cm³/mol. The second-order valence-corrected chi connectivity index (χ2v) is 8.04. The van der Waals surface area contributed by atoms with E-state index >= 15 is 0 Å². The quantitative estimate of drug-likeness (QED) is 0.868. The van der Waals surface area contributed by atoms with Crippen LogP contribution in [0.25, 0.3) is 0 Å². The Morgan fingerprint density at radius 3 is 2.54 bits per heavy atom. The first-order chi connectivity index (χ1) is 12.4. The van der Waals surface area contributed by atoms with E-state index in [-0.39, 0.29) is 11.8 Å². The van der Waals surface area contributed by atoms with Gasteiger partial charge in [-0.3, -0.25) is 9.59 Å². The highest BCUT2D eigenvalue weighted by Gasteiger charge is 2.35. The van der Waals surface area contributed by atoms with Crippen molar-refractivity contribution in [2.45, 2.75) is 76.8 Å². The zero-order valence-electron chi connectivity index (χ0n) is 16.0. The Morgan fingerprint density at radius 2 is 1.88 bits per heavy atom. The van der Waals surface area contributed by atoms with Gasteiger partial charge in [-0.1, -0.05) is 19.3 Å². The van der Waals surface area contributed by atoms with Crippen LogP contribution in [0, 0.1) is 6.92 Å². The van der Waals surface area contributed by atoms with Gasteiger partial charge in [-0.2, -0.15) is 0 Å². The van der Waals surface area contributed by atoms with Crippen LogP contribution < -0.4 is 11.1 Å². The number of aryl methyl sites for hydroxylation is 1. The van der Waals surface area contributed by atoms with Crippen molar-refractivity contribution in [3.05, 3.63) is 29.3 Å². The summed E-state index contributed by atoms with van der Waals surface area (Å²) < 4.78 is 0. The Morgan fingerprint density at radius 1 is 1.15 bits per heavy atom. The van der Waals surface area contributed by atoms with Gasteiger partial charge in [0.15, 0.2) is 0 Å². The number of carbonyl (C=O) groups is 2. The van der Waals surface area contributed by atoms with Gasteiger partial charge >= 0.3 is 0 Å². The molecule has 0 aromatic heterocycles. The third-order valence-corrected chi connectivity index (χ3v) is 5.98. The summed E-state index contributed by atoms with van der Waals surface area (Å²) in [5.41, 5.74) is 7.89. The molecule has 2 aliphatic rings. The fourth-order valence-electron chi connectivity index (χ4n) is 4.16. The molecule has 5 heteroatoms. The maximum atomic E-state index is 12.8. The third kappa shape index (κ3) is 3.93. The molecule has 26 heavy (non-hydrogen) atoms. The largest absolute Gasteiger partial charge is 0.336 e. The number of hydrogen-bond acceptors (Lipinski definition) is 3. The van der Waals surface area contributed by atoms with E-state index in [9.17, 15) is 9.59 Å². The second kappa shape index (κ2) is 7.78. The van der Waals surface area contributed by atoms with E-state index in [1.165, 1.54) is 6.42 Å². The first kappa shape index (κ1) is 18.9.